The number of fused-ring (bicyclic) bond motifs is 6. The summed E-state index contributed by atoms with van der Waals surface area (Å²) in [7, 11) is -35.0. The molecule has 0 aromatic carbocycles. The van der Waals surface area contributed by atoms with Gasteiger partial charge < -0.3 is 47.5 Å². The Hall–Kier alpha value is 0.780. The Balaban J connectivity index is 1.92. The number of phosphoric ester groups is 6. The Kier molecular flexibility index (Phi) is 6.62. The second-order valence-electron chi connectivity index (χ2n) is 6.39. The van der Waals surface area contributed by atoms with Gasteiger partial charge in [0.05, 0.1) is 0 Å². The summed E-state index contributed by atoms with van der Waals surface area (Å²) in [6, 6.07) is 0. The average Bonchev–Trinajstić information content (AvgIpc) is 2.74. The van der Waals surface area contributed by atoms with E-state index in [-0.39, 0.29) is 0 Å². The van der Waals surface area contributed by atoms with Gasteiger partial charge in [0.2, 0.25) is 0 Å². The molecular formula is C6H8O21P6-4. The molecule has 4 aliphatic rings. The Morgan fingerprint density at radius 1 is 0.424 bits per heavy atom. The standard InChI is InChI=1S/C6H12O21P6/c7-28(8)19-1-2(20-29(9,10)25-28)4-6(24-33(17,18)27-32(15,16)23-4)5-3(1)21-30(11,12)26-31(13,14)22-5/h1-6H,(H,7,8)(H,9,10)(H,11,12)(H,13,14)(H,15,16)(H,17,18)/p-4. The van der Waals surface area contributed by atoms with E-state index in [4.69, 9.17) is 0 Å². The van der Waals surface area contributed by atoms with Crippen LogP contribution in [0.3, 0.4) is 0 Å². The summed E-state index contributed by atoms with van der Waals surface area (Å²) in [5.41, 5.74) is 0. The minimum atomic E-state index is -5.94. The first-order valence-corrected chi connectivity index (χ1v) is 16.7. The molecule has 3 aliphatic heterocycles. The van der Waals surface area contributed by atoms with Crippen molar-refractivity contribution >= 4 is 46.9 Å². The van der Waals surface area contributed by atoms with E-state index in [1.807, 2.05) is 0 Å². The molecule has 2 N–H and O–H groups in total. The minimum absolute atomic E-state index is 2.52. The molecule has 192 valence electrons. The van der Waals surface area contributed by atoms with E-state index in [9.17, 15) is 56.8 Å². The van der Waals surface area contributed by atoms with Crippen molar-refractivity contribution in [2.75, 3.05) is 0 Å². The van der Waals surface area contributed by atoms with E-state index in [1.165, 1.54) is 0 Å². The summed E-state index contributed by atoms with van der Waals surface area (Å²) in [5.74, 6) is 0. The second-order valence-corrected chi connectivity index (χ2v) is 15.1. The monoisotopic (exact) mass is 602 g/mol. The molecule has 0 amide bonds. The van der Waals surface area contributed by atoms with Crippen molar-refractivity contribution in [3.63, 3.8) is 0 Å². The molecule has 4 fully saturated rings. The lowest BCUT2D eigenvalue weighted by atomic mass is 9.85. The van der Waals surface area contributed by atoms with Crippen molar-refractivity contribution in [1.82, 2.24) is 0 Å². The number of rotatable bonds is 0. The molecule has 4 rings (SSSR count). The van der Waals surface area contributed by atoms with Gasteiger partial charge in [0, 0.05) is 0 Å². The molecule has 33 heavy (non-hydrogen) atoms. The van der Waals surface area contributed by atoms with Gasteiger partial charge in [0.1, 0.15) is 36.6 Å². The van der Waals surface area contributed by atoms with E-state index in [0.717, 1.165) is 0 Å². The zero-order valence-corrected chi connectivity index (χ0v) is 20.2. The van der Waals surface area contributed by atoms with Crippen LogP contribution in [0.15, 0.2) is 0 Å². The zero-order valence-electron chi connectivity index (χ0n) is 14.8. The lowest BCUT2D eigenvalue weighted by Crippen LogP contribution is -2.65. The molecule has 0 radical (unpaired) electrons. The van der Waals surface area contributed by atoms with Gasteiger partial charge in [-0.25, -0.2) is 22.1 Å². The largest absolute Gasteiger partial charge is 0.756 e. The maximum absolute atomic E-state index is 12.0. The quantitative estimate of drug-likeness (QED) is 0.270. The van der Waals surface area contributed by atoms with Gasteiger partial charge in [-0.3, -0.25) is 27.3 Å². The number of hydrogen-bond acceptors (Lipinski definition) is 19. The van der Waals surface area contributed by atoms with Crippen molar-refractivity contribution in [1.29, 1.82) is 0 Å². The second kappa shape index (κ2) is 8.14. The van der Waals surface area contributed by atoms with E-state index >= 15 is 0 Å². The first-order chi connectivity index (χ1) is 14.7. The Labute approximate surface area is 181 Å². The lowest BCUT2D eigenvalue weighted by molar-refractivity contribution is -0.260. The van der Waals surface area contributed by atoms with Crippen LogP contribution in [0.5, 0.6) is 0 Å². The molecule has 3 saturated heterocycles. The maximum atomic E-state index is 12.0. The predicted octanol–water partition coefficient (Wildman–Crippen LogP) is -2.52. The van der Waals surface area contributed by atoms with Crippen molar-refractivity contribution in [2.24, 2.45) is 0 Å². The van der Waals surface area contributed by atoms with Gasteiger partial charge in [-0.15, -0.1) is 0 Å². The predicted molar refractivity (Wildman–Crippen MR) is 82.6 cm³/mol. The smallest absolute Gasteiger partial charge is 0.479 e. The van der Waals surface area contributed by atoms with Gasteiger partial charge in [-0.2, -0.15) is 0 Å². The first-order valence-electron chi connectivity index (χ1n) is 7.83. The highest BCUT2D eigenvalue weighted by Crippen LogP contribution is 2.70. The van der Waals surface area contributed by atoms with Crippen molar-refractivity contribution in [2.45, 2.75) is 36.6 Å². The molecule has 27 heteroatoms. The molecule has 0 spiro atoms. The fourth-order valence-electron chi connectivity index (χ4n) is 3.24. The van der Waals surface area contributed by atoms with E-state index in [2.05, 4.69) is 40.1 Å². The molecule has 0 aromatic heterocycles. The summed E-state index contributed by atoms with van der Waals surface area (Å²) in [6.45, 7) is 0. The highest BCUT2D eigenvalue weighted by Gasteiger charge is 2.64. The minimum Gasteiger partial charge on any atom is -0.756 e. The van der Waals surface area contributed by atoms with Crippen LogP contribution in [0.4, 0.5) is 0 Å². The van der Waals surface area contributed by atoms with Crippen molar-refractivity contribution in [3.8, 4) is 0 Å². The van der Waals surface area contributed by atoms with Gasteiger partial charge in [0.25, 0.3) is 31.3 Å². The van der Waals surface area contributed by atoms with Crippen LogP contribution in [0.1, 0.15) is 0 Å². The van der Waals surface area contributed by atoms with Crippen molar-refractivity contribution < 1.29 is 96.8 Å². The van der Waals surface area contributed by atoms with Crippen LogP contribution in [-0.4, -0.2) is 46.4 Å². The fraction of sp³-hybridized carbons (Fsp3) is 1.00. The molecule has 12 unspecified atom stereocenters. The third-order valence-electron chi connectivity index (χ3n) is 4.06. The molecule has 3 heterocycles. The summed E-state index contributed by atoms with van der Waals surface area (Å²) < 4.78 is 110. The molecular weight excluding hydrogens is 594 g/mol. The summed E-state index contributed by atoms with van der Waals surface area (Å²) in [5, 5.41) is 0. The van der Waals surface area contributed by atoms with Gasteiger partial charge >= 0.3 is 15.6 Å². The van der Waals surface area contributed by atoms with Crippen LogP contribution in [0, 0.1) is 0 Å². The summed E-state index contributed by atoms with van der Waals surface area (Å²) in [4.78, 5) is 66.9. The summed E-state index contributed by atoms with van der Waals surface area (Å²) in [6.07, 6.45) is -15.3. The maximum Gasteiger partial charge on any atom is 0.479 e. The van der Waals surface area contributed by atoms with E-state index < -0.39 is 83.6 Å². The molecule has 1 aliphatic carbocycles. The van der Waals surface area contributed by atoms with Crippen LogP contribution < -0.4 is 19.6 Å². The van der Waals surface area contributed by atoms with Crippen LogP contribution in [0.2, 0.25) is 0 Å². The average molecular weight is 602 g/mol. The number of phosphoric acid groups is 6. The highest BCUT2D eigenvalue weighted by atomic mass is 31.3. The third-order valence-corrected chi connectivity index (χ3v) is 11.9. The zero-order chi connectivity index (χ0) is 24.8. The first kappa shape index (κ1) is 26.8. The molecule has 21 nitrogen and oxygen atoms in total. The fourth-order valence-corrected chi connectivity index (χ4v) is 10.4. The van der Waals surface area contributed by atoms with Gasteiger partial charge in [-0.1, -0.05) is 0 Å². The van der Waals surface area contributed by atoms with E-state index in [0.29, 0.717) is 0 Å². The van der Waals surface area contributed by atoms with E-state index in [1.54, 1.807) is 0 Å². The lowest BCUT2D eigenvalue weighted by Gasteiger charge is -2.47. The van der Waals surface area contributed by atoms with Crippen LogP contribution >= 0.6 is 46.9 Å². The molecule has 12 atom stereocenters. The van der Waals surface area contributed by atoms with Crippen molar-refractivity contribution in [3.05, 3.63) is 0 Å². The number of hydrogen-bond donors (Lipinski definition) is 2. The molecule has 1 saturated carbocycles. The highest BCUT2D eigenvalue weighted by molar-refractivity contribution is 7.61. The normalized spacial score (nSPS) is 62.0. The Morgan fingerprint density at radius 3 is 0.909 bits per heavy atom. The van der Waals surface area contributed by atoms with Crippen LogP contribution in [0.25, 0.3) is 0 Å². The summed E-state index contributed by atoms with van der Waals surface area (Å²) >= 11 is 0. The van der Waals surface area contributed by atoms with Crippen LogP contribution in [-0.2, 0) is 67.5 Å². The third kappa shape index (κ3) is 5.86. The molecule has 0 bridgehead atoms. The Bertz CT molecular complexity index is 894. The SMILES string of the molecule is O=P1([O-])OC2C(OP(=O)([O-])O1)C1OP(=O)([O-])OP(=O)(O)OC1C1OP(=O)(O)OP(=O)([O-])OC21. The molecule has 0 aromatic rings. The topological polar surface area (TPSA) is 318 Å². The van der Waals surface area contributed by atoms with Gasteiger partial charge in [0.15, 0.2) is 0 Å². The van der Waals surface area contributed by atoms with Gasteiger partial charge in [-0.05, 0) is 0 Å². The Morgan fingerprint density at radius 2 is 0.636 bits per heavy atom.